The van der Waals surface area contributed by atoms with Crippen molar-refractivity contribution in [3.63, 3.8) is 0 Å². The summed E-state index contributed by atoms with van der Waals surface area (Å²) < 4.78 is 0. The van der Waals surface area contributed by atoms with Gasteiger partial charge in [-0.15, -0.1) is 0 Å². The molecule has 2 heterocycles. The van der Waals surface area contributed by atoms with E-state index in [1.165, 1.54) is 38.9 Å². The SMILES string of the molecule is CC=C(C(C)N1CCNC1)C(C)(C)N1CCCCC1. The van der Waals surface area contributed by atoms with Gasteiger partial charge in [0.15, 0.2) is 0 Å². The minimum Gasteiger partial charge on any atom is -0.303 e. The number of rotatable bonds is 4. The zero-order valence-electron chi connectivity index (χ0n) is 13.2. The molecule has 3 heteroatoms. The van der Waals surface area contributed by atoms with Gasteiger partial charge in [0, 0.05) is 31.3 Å². The minimum absolute atomic E-state index is 0.192. The lowest BCUT2D eigenvalue weighted by Gasteiger charge is -2.45. The van der Waals surface area contributed by atoms with Crippen molar-refractivity contribution in [1.29, 1.82) is 0 Å². The number of hydrogen-bond donors (Lipinski definition) is 1. The maximum absolute atomic E-state index is 3.45. The number of piperidine rings is 1. The van der Waals surface area contributed by atoms with Crippen LogP contribution in [0, 0.1) is 0 Å². The number of nitrogens with zero attached hydrogens (tertiary/aromatic N) is 2. The molecule has 2 rings (SSSR count). The predicted octanol–water partition coefficient (Wildman–Crippen LogP) is 2.45. The van der Waals surface area contributed by atoms with Crippen molar-refractivity contribution in [3.05, 3.63) is 11.6 Å². The van der Waals surface area contributed by atoms with Crippen LogP contribution in [0.3, 0.4) is 0 Å². The average Bonchev–Trinajstić information content (AvgIpc) is 2.94. The van der Waals surface area contributed by atoms with Crippen molar-refractivity contribution in [2.75, 3.05) is 32.8 Å². The second-order valence-electron chi connectivity index (χ2n) is 6.50. The first-order chi connectivity index (χ1) is 9.07. The van der Waals surface area contributed by atoms with Gasteiger partial charge in [0.05, 0.1) is 0 Å². The summed E-state index contributed by atoms with van der Waals surface area (Å²) in [5, 5.41) is 3.45. The number of nitrogens with one attached hydrogen (secondary N) is 1. The summed E-state index contributed by atoms with van der Waals surface area (Å²) in [7, 11) is 0. The molecule has 2 saturated heterocycles. The zero-order chi connectivity index (χ0) is 13.9. The maximum atomic E-state index is 3.45. The lowest BCUT2D eigenvalue weighted by atomic mass is 9.85. The standard InChI is InChI=1S/C16H31N3/c1-5-15(14(2)18-12-9-17-13-18)16(3,4)19-10-7-6-8-11-19/h5,14,17H,6-13H2,1-4H3. The van der Waals surface area contributed by atoms with Crippen molar-refractivity contribution in [2.45, 2.75) is 58.5 Å². The molecule has 0 radical (unpaired) electrons. The first-order valence-electron chi connectivity index (χ1n) is 7.94. The van der Waals surface area contributed by atoms with Gasteiger partial charge in [-0.25, -0.2) is 0 Å². The first-order valence-corrected chi connectivity index (χ1v) is 7.94. The van der Waals surface area contributed by atoms with E-state index in [1.807, 2.05) is 0 Å². The Bertz CT molecular complexity index is 310. The molecule has 0 bridgehead atoms. The molecular formula is C16H31N3. The summed E-state index contributed by atoms with van der Waals surface area (Å²) in [5.41, 5.74) is 1.77. The van der Waals surface area contributed by atoms with Gasteiger partial charge in [0.25, 0.3) is 0 Å². The highest BCUT2D eigenvalue weighted by molar-refractivity contribution is 5.23. The Hall–Kier alpha value is -0.380. The van der Waals surface area contributed by atoms with Crippen LogP contribution in [-0.2, 0) is 0 Å². The Morgan fingerprint density at radius 3 is 2.37 bits per heavy atom. The smallest absolute Gasteiger partial charge is 0.0486 e. The average molecular weight is 265 g/mol. The quantitative estimate of drug-likeness (QED) is 0.788. The summed E-state index contributed by atoms with van der Waals surface area (Å²) >= 11 is 0. The van der Waals surface area contributed by atoms with Gasteiger partial charge in [-0.05, 0) is 59.2 Å². The Morgan fingerprint density at radius 1 is 1.16 bits per heavy atom. The van der Waals surface area contributed by atoms with E-state index in [1.54, 1.807) is 5.57 Å². The summed E-state index contributed by atoms with van der Waals surface area (Å²) in [6.45, 7) is 15.3. The number of likely N-dealkylation sites (tertiary alicyclic amines) is 1. The Balaban J connectivity index is 2.10. The lowest BCUT2D eigenvalue weighted by Crippen LogP contribution is -2.52. The molecular weight excluding hydrogens is 234 g/mol. The Kier molecular flexibility index (Phi) is 5.04. The van der Waals surface area contributed by atoms with Crippen LogP contribution < -0.4 is 5.32 Å². The summed E-state index contributed by atoms with van der Waals surface area (Å²) in [6, 6.07) is 0.539. The van der Waals surface area contributed by atoms with Gasteiger partial charge in [-0.2, -0.15) is 0 Å². The van der Waals surface area contributed by atoms with Crippen molar-refractivity contribution < 1.29 is 0 Å². The molecule has 0 aromatic rings. The molecule has 0 aromatic carbocycles. The monoisotopic (exact) mass is 265 g/mol. The predicted molar refractivity (Wildman–Crippen MR) is 82.3 cm³/mol. The van der Waals surface area contributed by atoms with E-state index in [4.69, 9.17) is 0 Å². The highest BCUT2D eigenvalue weighted by Crippen LogP contribution is 2.31. The molecule has 2 aliphatic heterocycles. The third-order valence-corrected chi connectivity index (χ3v) is 5.05. The van der Waals surface area contributed by atoms with Crippen LogP contribution in [0.2, 0.25) is 0 Å². The molecule has 1 N–H and O–H groups in total. The van der Waals surface area contributed by atoms with Crippen LogP contribution in [0.4, 0.5) is 0 Å². The molecule has 2 aliphatic rings. The normalized spacial score (nSPS) is 25.8. The molecule has 0 aliphatic carbocycles. The second kappa shape index (κ2) is 6.38. The van der Waals surface area contributed by atoms with Crippen LogP contribution in [0.25, 0.3) is 0 Å². The fourth-order valence-corrected chi connectivity index (χ4v) is 3.79. The third-order valence-electron chi connectivity index (χ3n) is 5.05. The van der Waals surface area contributed by atoms with Gasteiger partial charge in [-0.3, -0.25) is 9.80 Å². The van der Waals surface area contributed by atoms with Gasteiger partial charge in [0.1, 0.15) is 0 Å². The van der Waals surface area contributed by atoms with E-state index in [0.29, 0.717) is 6.04 Å². The van der Waals surface area contributed by atoms with Gasteiger partial charge in [0.2, 0.25) is 0 Å². The molecule has 3 nitrogen and oxygen atoms in total. The zero-order valence-corrected chi connectivity index (χ0v) is 13.2. The summed E-state index contributed by atoms with van der Waals surface area (Å²) in [4.78, 5) is 5.24. The van der Waals surface area contributed by atoms with E-state index < -0.39 is 0 Å². The van der Waals surface area contributed by atoms with Crippen LogP contribution in [0.1, 0.15) is 47.0 Å². The molecule has 19 heavy (non-hydrogen) atoms. The summed E-state index contributed by atoms with van der Waals surface area (Å²) in [5.74, 6) is 0. The van der Waals surface area contributed by atoms with E-state index in [0.717, 1.165) is 13.2 Å². The molecule has 0 saturated carbocycles. The number of allylic oxidation sites excluding steroid dienone is 1. The fourth-order valence-electron chi connectivity index (χ4n) is 3.79. The first kappa shape index (κ1) is 15.0. The molecule has 0 aromatic heterocycles. The molecule has 110 valence electrons. The molecule has 2 fully saturated rings. The molecule has 0 spiro atoms. The van der Waals surface area contributed by atoms with Crippen molar-refractivity contribution in [3.8, 4) is 0 Å². The minimum atomic E-state index is 0.192. The lowest BCUT2D eigenvalue weighted by molar-refractivity contribution is 0.107. The van der Waals surface area contributed by atoms with Crippen LogP contribution in [0.15, 0.2) is 11.6 Å². The maximum Gasteiger partial charge on any atom is 0.0486 e. The Labute approximate surface area is 119 Å². The number of hydrogen-bond acceptors (Lipinski definition) is 3. The van der Waals surface area contributed by atoms with E-state index in [-0.39, 0.29) is 5.54 Å². The van der Waals surface area contributed by atoms with Gasteiger partial charge < -0.3 is 5.32 Å². The van der Waals surface area contributed by atoms with Crippen LogP contribution >= 0.6 is 0 Å². The van der Waals surface area contributed by atoms with Gasteiger partial charge >= 0.3 is 0 Å². The molecule has 0 amide bonds. The van der Waals surface area contributed by atoms with E-state index >= 15 is 0 Å². The highest BCUT2D eigenvalue weighted by Gasteiger charge is 2.35. The highest BCUT2D eigenvalue weighted by atomic mass is 15.3. The van der Waals surface area contributed by atoms with Gasteiger partial charge in [-0.1, -0.05) is 12.5 Å². The van der Waals surface area contributed by atoms with E-state index in [9.17, 15) is 0 Å². The third kappa shape index (κ3) is 3.21. The molecule has 1 unspecified atom stereocenters. The largest absolute Gasteiger partial charge is 0.303 e. The van der Waals surface area contributed by atoms with Crippen molar-refractivity contribution in [1.82, 2.24) is 15.1 Å². The van der Waals surface area contributed by atoms with E-state index in [2.05, 4.69) is 48.9 Å². The van der Waals surface area contributed by atoms with Crippen molar-refractivity contribution in [2.24, 2.45) is 0 Å². The summed E-state index contributed by atoms with van der Waals surface area (Å²) in [6.07, 6.45) is 6.49. The van der Waals surface area contributed by atoms with Crippen molar-refractivity contribution >= 4 is 0 Å². The van der Waals surface area contributed by atoms with Crippen LogP contribution in [-0.4, -0.2) is 54.2 Å². The second-order valence-corrected chi connectivity index (χ2v) is 6.50. The topological polar surface area (TPSA) is 18.5 Å². The van der Waals surface area contributed by atoms with Crippen LogP contribution in [0.5, 0.6) is 0 Å². The molecule has 1 atom stereocenters. The fraction of sp³-hybridized carbons (Fsp3) is 0.875. The Morgan fingerprint density at radius 2 is 1.84 bits per heavy atom.